The molecule has 0 aromatic heterocycles. The number of nitrogens with zero attached hydrogens (tertiary/aromatic N) is 1. The third-order valence-corrected chi connectivity index (χ3v) is 9.01. The minimum Gasteiger partial charge on any atom is -0.490 e. The van der Waals surface area contributed by atoms with Gasteiger partial charge >= 0.3 is 6.03 Å². The van der Waals surface area contributed by atoms with Gasteiger partial charge in [-0.05, 0) is 84.7 Å². The number of benzene rings is 1. The topological polar surface area (TPSA) is 72.1 Å². The van der Waals surface area contributed by atoms with Crippen LogP contribution in [0.25, 0.3) is 6.08 Å². The number of carbonyl (C=O) groups excluding carboxylic acids is 1. The van der Waals surface area contributed by atoms with Gasteiger partial charge in [0.25, 0.3) is 0 Å². The summed E-state index contributed by atoms with van der Waals surface area (Å²) in [5.41, 5.74) is 4.18. The van der Waals surface area contributed by atoms with Crippen LogP contribution in [-0.2, 0) is 9.12 Å². The molecular formula is C26H35N3O4S. The van der Waals surface area contributed by atoms with Crippen LogP contribution in [0, 0.1) is 16.7 Å². The van der Waals surface area contributed by atoms with Crippen LogP contribution in [-0.4, -0.2) is 35.7 Å². The maximum absolute atomic E-state index is 13.3. The summed E-state index contributed by atoms with van der Waals surface area (Å²) < 4.78 is 11.1. The molecule has 4 saturated carbocycles. The minimum absolute atomic E-state index is 0.00856. The maximum atomic E-state index is 13.3. The van der Waals surface area contributed by atoms with E-state index in [1.807, 2.05) is 35.2 Å². The fraction of sp³-hybridized carbons (Fsp3) is 0.654. The lowest BCUT2D eigenvalue weighted by molar-refractivity contribution is -0.114. The highest BCUT2D eigenvalue weighted by Crippen LogP contribution is 2.66. The monoisotopic (exact) mass is 485 g/mol. The van der Waals surface area contributed by atoms with Crippen LogP contribution in [0.5, 0.6) is 5.75 Å². The zero-order chi connectivity index (χ0) is 23.4. The molecule has 4 atom stereocenters. The molecule has 2 unspecified atom stereocenters. The SMILES string of the molecule is C[C@]12CC3CC(NC(=O)N4CCC(Oc5ccc(/C=C6/ONOS6)cc5)CC4)(C1)C[C@@](C)(C3)C2. The highest BCUT2D eigenvalue weighted by atomic mass is 32.2. The van der Waals surface area contributed by atoms with Crippen molar-refractivity contribution in [3.8, 4) is 5.75 Å². The molecule has 6 fully saturated rings. The second kappa shape index (κ2) is 8.35. The Morgan fingerprint density at radius 1 is 1.12 bits per heavy atom. The van der Waals surface area contributed by atoms with E-state index in [1.54, 1.807) is 0 Å². The van der Waals surface area contributed by atoms with E-state index < -0.39 is 0 Å². The fourth-order valence-corrected chi connectivity index (χ4v) is 8.63. The van der Waals surface area contributed by atoms with E-state index in [-0.39, 0.29) is 17.7 Å². The summed E-state index contributed by atoms with van der Waals surface area (Å²) in [6.45, 7) is 6.40. The first-order valence-corrected chi connectivity index (χ1v) is 13.3. The lowest BCUT2D eigenvalue weighted by Gasteiger charge is -2.65. The number of hydrogen-bond acceptors (Lipinski definition) is 6. The number of ether oxygens (including phenoxy) is 1. The lowest BCUT2D eigenvalue weighted by Crippen LogP contribution is -2.66. The minimum atomic E-state index is 0.00856. The first-order valence-electron chi connectivity index (χ1n) is 12.6. The summed E-state index contributed by atoms with van der Waals surface area (Å²) >= 11 is 1.15. The van der Waals surface area contributed by atoms with Gasteiger partial charge in [-0.3, -0.25) is 0 Å². The molecule has 4 bridgehead atoms. The third-order valence-electron chi connectivity index (χ3n) is 8.49. The second-order valence-corrected chi connectivity index (χ2v) is 12.8. The number of piperidine rings is 1. The van der Waals surface area contributed by atoms with Crippen molar-refractivity contribution in [2.45, 2.75) is 76.9 Å². The summed E-state index contributed by atoms with van der Waals surface area (Å²) in [4.78, 5) is 20.4. The van der Waals surface area contributed by atoms with Gasteiger partial charge in [0.15, 0.2) is 0 Å². The quantitative estimate of drug-likeness (QED) is 0.557. The van der Waals surface area contributed by atoms with Gasteiger partial charge in [-0.2, -0.15) is 4.28 Å². The van der Waals surface area contributed by atoms with Crippen LogP contribution < -0.4 is 15.7 Å². The van der Waals surface area contributed by atoms with Gasteiger partial charge in [0.05, 0.1) is 12.0 Å². The second-order valence-electron chi connectivity index (χ2n) is 12.0. The fourth-order valence-electron chi connectivity index (χ4n) is 8.23. The Balaban J connectivity index is 1.01. The molecule has 4 aliphatic carbocycles. The summed E-state index contributed by atoms with van der Waals surface area (Å²) in [7, 11) is 0. The zero-order valence-electron chi connectivity index (χ0n) is 20.1. The van der Waals surface area contributed by atoms with Crippen LogP contribution in [0.4, 0.5) is 4.79 Å². The normalized spacial score (nSPS) is 38.2. The van der Waals surface area contributed by atoms with Crippen molar-refractivity contribution in [1.29, 1.82) is 0 Å². The molecule has 1 aromatic carbocycles. The average Bonchev–Trinajstić information content (AvgIpc) is 3.26. The Kier molecular flexibility index (Phi) is 5.54. The van der Waals surface area contributed by atoms with Gasteiger partial charge in [-0.25, -0.2) is 4.79 Å². The molecule has 2 aliphatic heterocycles. The van der Waals surface area contributed by atoms with Crippen molar-refractivity contribution < 1.29 is 18.7 Å². The van der Waals surface area contributed by atoms with E-state index in [2.05, 4.69) is 24.8 Å². The van der Waals surface area contributed by atoms with E-state index in [9.17, 15) is 4.79 Å². The Morgan fingerprint density at radius 2 is 1.82 bits per heavy atom. The summed E-state index contributed by atoms with van der Waals surface area (Å²) in [5.74, 6) is 1.64. The average molecular weight is 486 g/mol. The molecule has 34 heavy (non-hydrogen) atoms. The Morgan fingerprint density at radius 3 is 2.44 bits per heavy atom. The predicted molar refractivity (Wildman–Crippen MR) is 131 cm³/mol. The standard InChI is InChI=1S/C26H35N3O4S/c1-24-12-19-13-25(2,15-24)17-26(14-19,16-24)27-23(30)29-9-7-21(8-10-29)31-20-5-3-18(4-6-20)11-22-32-28-33-34-22/h3-6,11,19,21,28H,7-10,12-17H2,1-2H3,(H,27,30)/b22-11-/t19?,24-,25+,26?. The molecule has 0 spiro atoms. The van der Waals surface area contributed by atoms with E-state index >= 15 is 0 Å². The summed E-state index contributed by atoms with van der Waals surface area (Å²) in [6, 6.07) is 8.09. The first kappa shape index (κ1) is 22.6. The highest BCUT2D eigenvalue weighted by Gasteiger charge is 2.60. The molecule has 6 aliphatic rings. The van der Waals surface area contributed by atoms with Gasteiger partial charge in [0.2, 0.25) is 5.09 Å². The van der Waals surface area contributed by atoms with Gasteiger partial charge in [0.1, 0.15) is 11.9 Å². The van der Waals surface area contributed by atoms with Crippen molar-refractivity contribution in [2.24, 2.45) is 16.7 Å². The molecule has 8 heteroatoms. The lowest BCUT2D eigenvalue weighted by atomic mass is 9.43. The van der Waals surface area contributed by atoms with Gasteiger partial charge in [-0.15, -0.1) is 0 Å². The van der Waals surface area contributed by atoms with E-state index in [1.165, 1.54) is 25.7 Å². The molecule has 1 aromatic rings. The summed E-state index contributed by atoms with van der Waals surface area (Å²) in [6.07, 6.45) is 11.2. The van der Waals surface area contributed by atoms with Crippen LogP contribution >= 0.6 is 12.0 Å². The molecule has 2 heterocycles. The number of urea groups is 1. The van der Waals surface area contributed by atoms with Crippen LogP contribution in [0.15, 0.2) is 29.4 Å². The number of amides is 2. The zero-order valence-corrected chi connectivity index (χ0v) is 20.9. The smallest absolute Gasteiger partial charge is 0.317 e. The van der Waals surface area contributed by atoms with Gasteiger partial charge in [-0.1, -0.05) is 26.0 Å². The molecular weight excluding hydrogens is 450 g/mol. The van der Waals surface area contributed by atoms with Crippen molar-refractivity contribution >= 4 is 24.1 Å². The van der Waals surface area contributed by atoms with Crippen LogP contribution in [0.1, 0.15) is 70.8 Å². The predicted octanol–water partition coefficient (Wildman–Crippen LogP) is 5.40. The van der Waals surface area contributed by atoms with Crippen molar-refractivity contribution in [1.82, 2.24) is 15.9 Å². The van der Waals surface area contributed by atoms with Crippen molar-refractivity contribution in [2.75, 3.05) is 13.1 Å². The van der Waals surface area contributed by atoms with Gasteiger partial charge in [0, 0.05) is 31.5 Å². The van der Waals surface area contributed by atoms with Crippen molar-refractivity contribution in [3.05, 3.63) is 34.9 Å². The third kappa shape index (κ3) is 4.52. The Labute approximate surface area is 206 Å². The number of hydrogen-bond donors (Lipinski definition) is 2. The maximum Gasteiger partial charge on any atom is 0.317 e. The molecule has 2 amide bonds. The first-order chi connectivity index (χ1) is 16.3. The van der Waals surface area contributed by atoms with Crippen molar-refractivity contribution in [3.63, 3.8) is 0 Å². The molecule has 184 valence electrons. The van der Waals surface area contributed by atoms with Gasteiger partial charge < -0.3 is 19.8 Å². The van der Waals surface area contributed by atoms with E-state index in [0.29, 0.717) is 15.9 Å². The van der Waals surface area contributed by atoms with E-state index in [0.717, 1.165) is 68.0 Å². The number of rotatable bonds is 4. The van der Waals surface area contributed by atoms with Crippen LogP contribution in [0.2, 0.25) is 0 Å². The molecule has 2 N–H and O–H groups in total. The molecule has 2 saturated heterocycles. The highest BCUT2D eigenvalue weighted by molar-refractivity contribution is 7.98. The van der Waals surface area contributed by atoms with E-state index in [4.69, 9.17) is 13.9 Å². The molecule has 7 rings (SSSR count). The Hall–Kier alpha value is -1.90. The number of nitrogens with one attached hydrogen (secondary N) is 2. The molecule has 7 nitrogen and oxygen atoms in total. The van der Waals surface area contributed by atoms with Crippen LogP contribution in [0.3, 0.4) is 0 Å². The summed E-state index contributed by atoms with van der Waals surface area (Å²) in [5, 5.41) is 4.22. The number of carbonyl (C=O) groups is 1. The largest absolute Gasteiger partial charge is 0.490 e. The number of likely N-dealkylation sites (tertiary alicyclic amines) is 1. The Bertz CT molecular complexity index is 949. The molecule has 0 radical (unpaired) electrons.